The van der Waals surface area contributed by atoms with Crippen LogP contribution in [0.3, 0.4) is 0 Å². The molecule has 27 heavy (non-hydrogen) atoms. The Bertz CT molecular complexity index is 831. The lowest BCUT2D eigenvalue weighted by atomic mass is 10.0. The summed E-state index contributed by atoms with van der Waals surface area (Å²) in [6, 6.07) is 9.22. The zero-order valence-corrected chi connectivity index (χ0v) is 15.3. The molecule has 1 heterocycles. The van der Waals surface area contributed by atoms with Gasteiger partial charge in [-0.2, -0.15) is 0 Å². The van der Waals surface area contributed by atoms with E-state index in [9.17, 15) is 9.18 Å². The number of hydrogen-bond donors (Lipinski definition) is 3. The smallest absolute Gasteiger partial charge is 0.242 e. The van der Waals surface area contributed by atoms with Gasteiger partial charge in [-0.25, -0.2) is 15.2 Å². The van der Waals surface area contributed by atoms with Crippen LogP contribution in [0.5, 0.6) is 17.2 Å². The van der Waals surface area contributed by atoms with Crippen molar-refractivity contribution in [3.05, 3.63) is 47.8 Å². The van der Waals surface area contributed by atoms with Crippen LogP contribution in [-0.4, -0.2) is 33.3 Å². The second-order valence-corrected chi connectivity index (χ2v) is 6.08. The third-order valence-corrected chi connectivity index (χ3v) is 4.46. The zero-order valence-electron chi connectivity index (χ0n) is 15.3. The standard InChI is InChI=1S/C19H22FN3O4/c1-25-12-5-6-13(18(9-12)27-3)15-10-16(23-22-15)19(24)21-11-4-7-17(26-2)14(20)8-11/h4-9,15-16,22-23H,10H2,1-3H3,(H,21,24). The van der Waals surface area contributed by atoms with Crippen LogP contribution < -0.4 is 30.4 Å². The van der Waals surface area contributed by atoms with E-state index in [1.165, 1.54) is 19.2 Å². The van der Waals surface area contributed by atoms with Gasteiger partial charge >= 0.3 is 0 Å². The molecule has 0 saturated carbocycles. The lowest BCUT2D eigenvalue weighted by Crippen LogP contribution is -2.39. The second kappa shape index (κ2) is 8.24. The van der Waals surface area contributed by atoms with Gasteiger partial charge in [0.25, 0.3) is 0 Å². The van der Waals surface area contributed by atoms with Gasteiger partial charge < -0.3 is 19.5 Å². The van der Waals surface area contributed by atoms with Crippen molar-refractivity contribution in [1.29, 1.82) is 0 Å². The first kappa shape index (κ1) is 18.9. The Morgan fingerprint density at radius 3 is 2.48 bits per heavy atom. The minimum atomic E-state index is -0.534. The number of hydrogen-bond acceptors (Lipinski definition) is 6. The fourth-order valence-corrected chi connectivity index (χ4v) is 3.01. The number of halogens is 1. The quantitative estimate of drug-likeness (QED) is 0.719. The average Bonchev–Trinajstić information content (AvgIpc) is 3.17. The first-order chi connectivity index (χ1) is 13.0. The van der Waals surface area contributed by atoms with Gasteiger partial charge in [-0.05, 0) is 24.6 Å². The molecule has 3 N–H and O–H groups in total. The number of carbonyl (C=O) groups is 1. The molecule has 2 aromatic carbocycles. The van der Waals surface area contributed by atoms with Crippen LogP contribution in [-0.2, 0) is 4.79 Å². The van der Waals surface area contributed by atoms with Gasteiger partial charge in [-0.15, -0.1) is 0 Å². The molecule has 3 rings (SSSR count). The summed E-state index contributed by atoms with van der Waals surface area (Å²) in [4.78, 5) is 12.5. The van der Waals surface area contributed by atoms with Crippen molar-refractivity contribution < 1.29 is 23.4 Å². The summed E-state index contributed by atoms with van der Waals surface area (Å²) >= 11 is 0. The van der Waals surface area contributed by atoms with Gasteiger partial charge in [0, 0.05) is 23.4 Å². The van der Waals surface area contributed by atoms with E-state index >= 15 is 0 Å². The van der Waals surface area contributed by atoms with E-state index in [2.05, 4.69) is 16.2 Å². The summed E-state index contributed by atoms with van der Waals surface area (Å²) in [6.07, 6.45) is 0.507. The molecular formula is C19H22FN3O4. The topological polar surface area (TPSA) is 80.9 Å². The van der Waals surface area contributed by atoms with Gasteiger partial charge in [0.2, 0.25) is 5.91 Å². The molecule has 144 valence electrons. The van der Waals surface area contributed by atoms with Crippen LogP contribution in [0.15, 0.2) is 36.4 Å². The van der Waals surface area contributed by atoms with E-state index < -0.39 is 11.9 Å². The maximum atomic E-state index is 13.8. The van der Waals surface area contributed by atoms with Gasteiger partial charge in [-0.1, -0.05) is 6.07 Å². The van der Waals surface area contributed by atoms with Crippen molar-refractivity contribution in [1.82, 2.24) is 10.9 Å². The maximum absolute atomic E-state index is 13.8. The van der Waals surface area contributed by atoms with Crippen molar-refractivity contribution in [2.24, 2.45) is 0 Å². The number of hydrazine groups is 1. The Balaban J connectivity index is 1.67. The molecule has 2 atom stereocenters. The molecule has 7 nitrogen and oxygen atoms in total. The largest absolute Gasteiger partial charge is 0.497 e. The van der Waals surface area contributed by atoms with Crippen molar-refractivity contribution in [2.45, 2.75) is 18.5 Å². The number of carbonyl (C=O) groups excluding carboxylic acids is 1. The van der Waals surface area contributed by atoms with Crippen LogP contribution in [0.1, 0.15) is 18.0 Å². The number of amides is 1. The highest BCUT2D eigenvalue weighted by Gasteiger charge is 2.32. The highest BCUT2D eigenvalue weighted by Crippen LogP contribution is 2.33. The molecule has 0 bridgehead atoms. The van der Waals surface area contributed by atoms with Crippen LogP contribution in [0.2, 0.25) is 0 Å². The van der Waals surface area contributed by atoms with E-state index in [1.54, 1.807) is 26.4 Å². The molecule has 2 aromatic rings. The number of rotatable bonds is 6. The fourth-order valence-electron chi connectivity index (χ4n) is 3.01. The Morgan fingerprint density at radius 1 is 1.04 bits per heavy atom. The lowest BCUT2D eigenvalue weighted by molar-refractivity contribution is -0.117. The van der Waals surface area contributed by atoms with Crippen LogP contribution in [0.25, 0.3) is 0 Å². The number of benzene rings is 2. The Labute approximate surface area is 156 Å². The van der Waals surface area contributed by atoms with E-state index in [1.807, 2.05) is 12.1 Å². The van der Waals surface area contributed by atoms with Gasteiger partial charge in [-0.3, -0.25) is 4.79 Å². The predicted molar refractivity (Wildman–Crippen MR) is 98.5 cm³/mol. The minimum Gasteiger partial charge on any atom is -0.497 e. The molecule has 1 aliphatic heterocycles. The van der Waals surface area contributed by atoms with Gasteiger partial charge in [0.05, 0.1) is 27.4 Å². The second-order valence-electron chi connectivity index (χ2n) is 6.08. The fraction of sp³-hybridized carbons (Fsp3) is 0.316. The van der Waals surface area contributed by atoms with E-state index in [0.29, 0.717) is 23.6 Å². The normalized spacial score (nSPS) is 18.8. The lowest BCUT2D eigenvalue weighted by Gasteiger charge is -2.15. The molecule has 2 unspecified atom stereocenters. The van der Waals surface area contributed by atoms with E-state index in [-0.39, 0.29) is 17.7 Å². The molecule has 1 saturated heterocycles. The first-order valence-corrected chi connectivity index (χ1v) is 8.43. The van der Waals surface area contributed by atoms with E-state index in [4.69, 9.17) is 14.2 Å². The van der Waals surface area contributed by atoms with Crippen molar-refractivity contribution in [2.75, 3.05) is 26.6 Å². The summed E-state index contributed by atoms with van der Waals surface area (Å²) in [5.74, 6) is 0.695. The van der Waals surface area contributed by atoms with E-state index in [0.717, 1.165) is 5.56 Å². The summed E-state index contributed by atoms with van der Waals surface area (Å²) in [5, 5.41) is 2.71. The molecule has 8 heteroatoms. The summed E-state index contributed by atoms with van der Waals surface area (Å²) in [7, 11) is 4.56. The molecular weight excluding hydrogens is 353 g/mol. The van der Waals surface area contributed by atoms with Crippen LogP contribution >= 0.6 is 0 Å². The molecule has 1 aliphatic rings. The third-order valence-electron chi connectivity index (χ3n) is 4.46. The molecule has 1 amide bonds. The molecule has 1 fully saturated rings. The van der Waals surface area contributed by atoms with Gasteiger partial charge in [0.1, 0.15) is 17.5 Å². The highest BCUT2D eigenvalue weighted by atomic mass is 19.1. The van der Waals surface area contributed by atoms with Crippen LogP contribution in [0.4, 0.5) is 10.1 Å². The first-order valence-electron chi connectivity index (χ1n) is 8.43. The summed E-state index contributed by atoms with van der Waals surface area (Å²) < 4.78 is 29.3. The Kier molecular flexibility index (Phi) is 5.78. The van der Waals surface area contributed by atoms with Gasteiger partial charge in [0.15, 0.2) is 11.6 Å². The number of methoxy groups -OCH3 is 3. The Morgan fingerprint density at radius 2 is 1.81 bits per heavy atom. The molecule has 0 spiro atoms. The number of nitrogens with one attached hydrogen (secondary N) is 3. The molecule has 0 radical (unpaired) electrons. The van der Waals surface area contributed by atoms with Crippen LogP contribution in [0, 0.1) is 5.82 Å². The third kappa shape index (κ3) is 4.12. The predicted octanol–water partition coefficient (Wildman–Crippen LogP) is 2.40. The zero-order chi connectivity index (χ0) is 19.4. The number of ether oxygens (including phenoxy) is 3. The Hall–Kier alpha value is -2.84. The van der Waals surface area contributed by atoms with Crippen molar-refractivity contribution in [3.8, 4) is 17.2 Å². The number of anilines is 1. The minimum absolute atomic E-state index is 0.116. The molecule has 0 aromatic heterocycles. The summed E-state index contributed by atoms with van der Waals surface area (Å²) in [5.41, 5.74) is 7.36. The highest BCUT2D eigenvalue weighted by molar-refractivity contribution is 5.95. The molecule has 0 aliphatic carbocycles. The maximum Gasteiger partial charge on any atom is 0.242 e. The summed E-state index contributed by atoms with van der Waals surface area (Å²) in [6.45, 7) is 0. The van der Waals surface area contributed by atoms with Crippen molar-refractivity contribution in [3.63, 3.8) is 0 Å². The monoisotopic (exact) mass is 375 g/mol. The SMILES string of the molecule is COc1ccc(C2CC(C(=O)Nc3ccc(OC)c(F)c3)NN2)c(OC)c1. The average molecular weight is 375 g/mol. The van der Waals surface area contributed by atoms with Crippen molar-refractivity contribution >= 4 is 11.6 Å².